The first kappa shape index (κ1) is 19.2. The van der Waals surface area contributed by atoms with Crippen LogP contribution in [0.2, 0.25) is 0 Å². The molecule has 1 saturated heterocycles. The number of carbonyl (C=O) groups is 1. The number of thiocarbonyl (C=S) groups is 1. The molecule has 3 aromatic rings. The third-order valence-corrected chi connectivity index (χ3v) is 5.59. The monoisotopic (exact) mass is 424 g/mol. The van der Waals surface area contributed by atoms with Crippen molar-refractivity contribution in [2.45, 2.75) is 12.5 Å². The molecule has 31 heavy (non-hydrogen) atoms. The van der Waals surface area contributed by atoms with E-state index >= 15 is 0 Å². The van der Waals surface area contributed by atoms with Gasteiger partial charge in [-0.25, -0.2) is 0 Å². The predicted molar refractivity (Wildman–Crippen MR) is 128 cm³/mol. The first-order valence-corrected chi connectivity index (χ1v) is 10.5. The van der Waals surface area contributed by atoms with Gasteiger partial charge in [0.1, 0.15) is 5.70 Å². The number of benzene rings is 3. The number of hydrazone groups is 1. The van der Waals surface area contributed by atoms with Crippen LogP contribution in [0, 0.1) is 0 Å². The molecule has 6 heteroatoms. The van der Waals surface area contributed by atoms with Gasteiger partial charge in [-0.15, -0.1) is 0 Å². The highest BCUT2D eigenvalue weighted by atomic mass is 32.1. The van der Waals surface area contributed by atoms with Gasteiger partial charge in [0.15, 0.2) is 5.11 Å². The van der Waals surface area contributed by atoms with E-state index < -0.39 is 0 Å². The van der Waals surface area contributed by atoms with Crippen LogP contribution in [0.5, 0.6) is 0 Å². The van der Waals surface area contributed by atoms with Gasteiger partial charge in [-0.05, 0) is 47.1 Å². The van der Waals surface area contributed by atoms with Gasteiger partial charge in [0.25, 0.3) is 5.91 Å². The summed E-state index contributed by atoms with van der Waals surface area (Å²) in [6.45, 7) is 0. The minimum atomic E-state index is -0.213. The zero-order valence-corrected chi connectivity index (χ0v) is 17.5. The van der Waals surface area contributed by atoms with Gasteiger partial charge in [0.2, 0.25) is 0 Å². The Kier molecular flexibility index (Phi) is 5.06. The second kappa shape index (κ2) is 8.16. The van der Waals surface area contributed by atoms with Gasteiger partial charge >= 0.3 is 0 Å². The minimum Gasteiger partial charge on any atom is -0.328 e. The van der Waals surface area contributed by atoms with Gasteiger partial charge in [0, 0.05) is 6.42 Å². The van der Waals surface area contributed by atoms with Crippen molar-refractivity contribution in [1.82, 2.24) is 10.6 Å². The van der Waals surface area contributed by atoms with Gasteiger partial charge in [-0.1, -0.05) is 72.8 Å². The lowest BCUT2D eigenvalue weighted by Crippen LogP contribution is -2.21. The molecule has 2 aliphatic heterocycles. The summed E-state index contributed by atoms with van der Waals surface area (Å²) >= 11 is 4.99. The molecule has 152 valence electrons. The Hall–Kier alpha value is -3.77. The van der Waals surface area contributed by atoms with E-state index in [1.165, 1.54) is 5.56 Å². The molecule has 1 unspecified atom stereocenters. The number of nitrogens with zero attached hydrogens (tertiary/aromatic N) is 2. The molecule has 0 aromatic heterocycles. The fourth-order valence-electron chi connectivity index (χ4n) is 3.86. The van der Waals surface area contributed by atoms with Crippen LogP contribution in [-0.2, 0) is 4.79 Å². The summed E-state index contributed by atoms with van der Waals surface area (Å²) in [6.07, 6.45) is 2.62. The van der Waals surface area contributed by atoms with Gasteiger partial charge in [-0.2, -0.15) is 5.10 Å². The van der Waals surface area contributed by atoms with Crippen LogP contribution < -0.4 is 15.6 Å². The van der Waals surface area contributed by atoms with Gasteiger partial charge < -0.3 is 5.32 Å². The number of hydrogen-bond acceptors (Lipinski definition) is 4. The van der Waals surface area contributed by atoms with Crippen molar-refractivity contribution in [1.29, 1.82) is 0 Å². The highest BCUT2D eigenvalue weighted by molar-refractivity contribution is 7.80. The maximum Gasteiger partial charge on any atom is 0.273 e. The van der Waals surface area contributed by atoms with E-state index in [4.69, 9.17) is 17.3 Å². The normalized spacial score (nSPS) is 19.4. The molecule has 0 aliphatic carbocycles. The van der Waals surface area contributed by atoms with Crippen LogP contribution in [0.1, 0.15) is 29.2 Å². The van der Waals surface area contributed by atoms with E-state index in [1.807, 2.05) is 48.5 Å². The number of nitrogens with one attached hydrogen (secondary N) is 2. The highest BCUT2D eigenvalue weighted by Crippen LogP contribution is 2.36. The van der Waals surface area contributed by atoms with Crippen LogP contribution in [0.15, 0.2) is 95.7 Å². The Morgan fingerprint density at radius 2 is 1.58 bits per heavy atom. The van der Waals surface area contributed by atoms with E-state index in [2.05, 4.69) is 52.0 Å². The molecule has 0 bridgehead atoms. The summed E-state index contributed by atoms with van der Waals surface area (Å²) in [6, 6.07) is 28.9. The van der Waals surface area contributed by atoms with Gasteiger partial charge in [-0.3, -0.25) is 15.1 Å². The predicted octanol–water partition coefficient (Wildman–Crippen LogP) is 4.39. The van der Waals surface area contributed by atoms with Gasteiger partial charge in [0.05, 0.1) is 17.4 Å². The highest BCUT2D eigenvalue weighted by Gasteiger charge is 2.29. The van der Waals surface area contributed by atoms with E-state index in [-0.39, 0.29) is 11.9 Å². The Bertz CT molecular complexity index is 1190. The Morgan fingerprint density at radius 1 is 0.903 bits per heavy atom. The Balaban J connectivity index is 1.47. The third kappa shape index (κ3) is 3.98. The van der Waals surface area contributed by atoms with Crippen LogP contribution in [0.3, 0.4) is 0 Å². The van der Waals surface area contributed by atoms with Crippen LogP contribution in [0.25, 0.3) is 6.08 Å². The maximum absolute atomic E-state index is 11.9. The quantitative estimate of drug-likeness (QED) is 0.482. The lowest BCUT2D eigenvalue weighted by atomic mass is 9.98. The summed E-state index contributed by atoms with van der Waals surface area (Å²) < 4.78 is 0. The summed E-state index contributed by atoms with van der Waals surface area (Å²) in [7, 11) is 0. The van der Waals surface area contributed by atoms with E-state index in [0.29, 0.717) is 10.8 Å². The summed E-state index contributed by atoms with van der Waals surface area (Å²) in [5.41, 5.74) is 5.80. The first-order valence-electron chi connectivity index (χ1n) is 10.1. The molecule has 2 N–H and O–H groups in total. The summed E-state index contributed by atoms with van der Waals surface area (Å²) in [5.74, 6) is -0.213. The van der Waals surface area contributed by atoms with Crippen molar-refractivity contribution in [2.75, 3.05) is 5.01 Å². The lowest BCUT2D eigenvalue weighted by molar-refractivity contribution is -0.115. The average molecular weight is 425 g/mol. The summed E-state index contributed by atoms with van der Waals surface area (Å²) in [5, 5.41) is 12.9. The maximum atomic E-state index is 11.9. The van der Waals surface area contributed by atoms with Crippen molar-refractivity contribution in [3.8, 4) is 0 Å². The third-order valence-electron chi connectivity index (χ3n) is 5.39. The molecule has 0 radical (unpaired) electrons. The Morgan fingerprint density at radius 3 is 2.23 bits per heavy atom. The standard InChI is InChI=1S/C25H20N4OS/c30-24-22(26-25(31)27-24)15-17-11-13-20(14-12-17)29-23(19-9-5-2-6-10-19)16-21(28-29)18-7-3-1-4-8-18/h1-15,23H,16H2,(H2,26,27,30,31). The van der Waals surface area contributed by atoms with Crippen LogP contribution in [0.4, 0.5) is 5.69 Å². The van der Waals surface area contributed by atoms with E-state index in [1.54, 1.807) is 6.08 Å². The molecular formula is C25H20N4OS. The largest absolute Gasteiger partial charge is 0.328 e. The topological polar surface area (TPSA) is 56.7 Å². The molecule has 1 atom stereocenters. The molecule has 2 heterocycles. The first-order chi connectivity index (χ1) is 15.2. The molecule has 0 saturated carbocycles. The smallest absolute Gasteiger partial charge is 0.273 e. The lowest BCUT2D eigenvalue weighted by Gasteiger charge is -2.24. The SMILES string of the molecule is O=C1NC(=S)NC1=Cc1ccc(N2N=C(c3ccccc3)CC2c2ccccc2)cc1. The fourth-order valence-corrected chi connectivity index (χ4v) is 4.06. The molecule has 2 aliphatic rings. The van der Waals surface area contributed by atoms with E-state index in [9.17, 15) is 4.79 Å². The van der Waals surface area contributed by atoms with Crippen LogP contribution >= 0.6 is 12.2 Å². The van der Waals surface area contributed by atoms with Crippen molar-refractivity contribution in [3.05, 3.63) is 107 Å². The van der Waals surface area contributed by atoms with Crippen molar-refractivity contribution < 1.29 is 4.79 Å². The molecule has 5 nitrogen and oxygen atoms in total. The average Bonchev–Trinajstić information content (AvgIpc) is 3.39. The molecule has 1 fully saturated rings. The number of carbonyl (C=O) groups excluding carboxylic acids is 1. The zero-order chi connectivity index (χ0) is 21.2. The molecule has 0 spiro atoms. The number of anilines is 1. The van der Waals surface area contributed by atoms with Crippen LogP contribution in [-0.4, -0.2) is 16.7 Å². The molecule has 1 amide bonds. The second-order valence-electron chi connectivity index (χ2n) is 7.45. The zero-order valence-electron chi connectivity index (χ0n) is 16.7. The number of hydrogen-bond donors (Lipinski definition) is 2. The van der Waals surface area contributed by atoms with E-state index in [0.717, 1.165) is 28.9 Å². The fraction of sp³-hybridized carbons (Fsp3) is 0.0800. The van der Waals surface area contributed by atoms with Crippen molar-refractivity contribution >= 4 is 40.7 Å². The molecule has 3 aromatic carbocycles. The Labute approximate surface area is 186 Å². The summed E-state index contributed by atoms with van der Waals surface area (Å²) in [4.78, 5) is 11.9. The number of amides is 1. The molecular weight excluding hydrogens is 404 g/mol. The minimum absolute atomic E-state index is 0.125. The second-order valence-corrected chi connectivity index (χ2v) is 7.85. The molecule has 5 rings (SSSR count). The number of rotatable bonds is 4. The van der Waals surface area contributed by atoms with Crippen molar-refractivity contribution in [2.24, 2.45) is 5.10 Å². The van der Waals surface area contributed by atoms with Crippen molar-refractivity contribution in [3.63, 3.8) is 0 Å².